The number of anilines is 1. The number of hydrogen-bond acceptors (Lipinski definition) is 6. The van der Waals surface area contributed by atoms with Gasteiger partial charge in [0.05, 0.1) is 29.4 Å². The molecular formula is C22H20N4O4. The molecule has 0 unspecified atom stereocenters. The first-order valence-electron chi connectivity index (χ1n) is 9.90. The lowest BCUT2D eigenvalue weighted by atomic mass is 10.0. The van der Waals surface area contributed by atoms with Crippen molar-refractivity contribution < 1.29 is 19.1 Å². The molecule has 0 bridgehead atoms. The van der Waals surface area contributed by atoms with Crippen LogP contribution >= 0.6 is 0 Å². The molecule has 1 N–H and O–H groups in total. The van der Waals surface area contributed by atoms with E-state index in [0.717, 1.165) is 29.7 Å². The van der Waals surface area contributed by atoms with Gasteiger partial charge in [0, 0.05) is 18.7 Å². The molecular weight excluding hydrogens is 384 g/mol. The van der Waals surface area contributed by atoms with Crippen LogP contribution in [0.3, 0.4) is 0 Å². The molecule has 2 fully saturated rings. The number of pyridine rings is 1. The van der Waals surface area contributed by atoms with Gasteiger partial charge in [0.25, 0.3) is 0 Å². The van der Waals surface area contributed by atoms with Crippen LogP contribution in [-0.2, 0) is 14.9 Å². The third kappa shape index (κ3) is 2.94. The van der Waals surface area contributed by atoms with Crippen LogP contribution in [0.5, 0.6) is 5.75 Å². The monoisotopic (exact) mass is 404 g/mol. The van der Waals surface area contributed by atoms with Gasteiger partial charge in [0.1, 0.15) is 24.5 Å². The Labute approximate surface area is 173 Å². The number of ether oxygens (including phenoxy) is 2. The molecule has 0 radical (unpaired) electrons. The zero-order chi connectivity index (χ0) is 20.9. The van der Waals surface area contributed by atoms with E-state index in [-0.39, 0.29) is 25.1 Å². The van der Waals surface area contributed by atoms with Crippen molar-refractivity contribution in [1.82, 2.24) is 10.3 Å². The Balaban J connectivity index is 1.39. The summed E-state index contributed by atoms with van der Waals surface area (Å²) < 4.78 is 11.4. The fraction of sp³-hybridized carbons (Fsp3) is 0.364. The number of amides is 2. The van der Waals surface area contributed by atoms with Crippen LogP contribution in [-0.4, -0.2) is 42.3 Å². The van der Waals surface area contributed by atoms with Gasteiger partial charge in [-0.2, -0.15) is 5.26 Å². The highest BCUT2D eigenvalue weighted by molar-refractivity contribution is 5.94. The molecule has 1 saturated heterocycles. The number of carbonyl (C=O) groups is 2. The van der Waals surface area contributed by atoms with Gasteiger partial charge in [0.15, 0.2) is 0 Å². The molecule has 1 saturated carbocycles. The van der Waals surface area contributed by atoms with Crippen molar-refractivity contribution in [2.75, 3.05) is 18.1 Å². The molecule has 2 aliphatic heterocycles. The Morgan fingerprint density at radius 2 is 2.13 bits per heavy atom. The van der Waals surface area contributed by atoms with Crippen LogP contribution in [0.1, 0.15) is 25.5 Å². The van der Waals surface area contributed by atoms with Crippen molar-refractivity contribution in [3.8, 4) is 22.9 Å². The number of nitrogens with one attached hydrogen (secondary N) is 1. The van der Waals surface area contributed by atoms with E-state index in [0.29, 0.717) is 11.4 Å². The highest BCUT2D eigenvalue weighted by Crippen LogP contribution is 2.47. The molecule has 3 aliphatic rings. The smallest absolute Gasteiger partial charge is 0.415 e. The molecule has 5 rings (SSSR count). The van der Waals surface area contributed by atoms with Gasteiger partial charge in [0.2, 0.25) is 5.91 Å². The Bertz CT molecular complexity index is 1070. The lowest BCUT2D eigenvalue weighted by Gasteiger charge is -2.31. The predicted molar refractivity (Wildman–Crippen MR) is 107 cm³/mol. The van der Waals surface area contributed by atoms with Crippen molar-refractivity contribution in [2.45, 2.75) is 37.3 Å². The van der Waals surface area contributed by atoms with Crippen molar-refractivity contribution in [1.29, 1.82) is 5.26 Å². The van der Waals surface area contributed by atoms with E-state index in [9.17, 15) is 14.9 Å². The van der Waals surface area contributed by atoms with E-state index in [1.54, 1.807) is 11.1 Å². The second kappa shape index (κ2) is 6.73. The van der Waals surface area contributed by atoms with Crippen molar-refractivity contribution >= 4 is 17.7 Å². The van der Waals surface area contributed by atoms with Crippen LogP contribution in [0, 0.1) is 11.3 Å². The van der Waals surface area contributed by atoms with Crippen LogP contribution in [0.25, 0.3) is 11.1 Å². The number of nitrogens with zero attached hydrogens (tertiary/aromatic N) is 3. The van der Waals surface area contributed by atoms with E-state index in [4.69, 9.17) is 9.47 Å². The quantitative estimate of drug-likeness (QED) is 0.840. The first kappa shape index (κ1) is 18.4. The first-order valence-corrected chi connectivity index (χ1v) is 9.90. The predicted octanol–water partition coefficient (Wildman–Crippen LogP) is 2.53. The van der Waals surface area contributed by atoms with E-state index >= 15 is 0 Å². The lowest BCUT2D eigenvalue weighted by molar-refractivity contribution is -0.119. The molecule has 8 heteroatoms. The molecule has 2 atom stereocenters. The third-order valence-corrected chi connectivity index (χ3v) is 5.94. The van der Waals surface area contributed by atoms with Gasteiger partial charge in [-0.1, -0.05) is 12.1 Å². The Kier molecular flexibility index (Phi) is 4.13. The number of fused-ring (bicyclic) bond motifs is 3. The number of hydrogen-bond donors (Lipinski definition) is 1. The number of aromatic nitrogens is 1. The molecule has 30 heavy (non-hydrogen) atoms. The highest BCUT2D eigenvalue weighted by Gasteiger charge is 2.47. The van der Waals surface area contributed by atoms with Crippen LogP contribution in [0.2, 0.25) is 0 Å². The third-order valence-electron chi connectivity index (χ3n) is 5.94. The molecule has 1 aromatic heterocycles. The van der Waals surface area contributed by atoms with Crippen molar-refractivity contribution in [3.63, 3.8) is 0 Å². The summed E-state index contributed by atoms with van der Waals surface area (Å²) in [4.78, 5) is 29.7. The number of carbonyl (C=O) groups excluding carboxylic acids is 2. The minimum absolute atomic E-state index is 0.173. The maximum atomic E-state index is 12.4. The molecule has 3 heterocycles. The minimum atomic E-state index is -0.458. The zero-order valence-electron chi connectivity index (χ0n) is 16.4. The molecule has 1 aromatic carbocycles. The first-order chi connectivity index (χ1) is 14.5. The van der Waals surface area contributed by atoms with Gasteiger partial charge >= 0.3 is 6.09 Å². The maximum absolute atomic E-state index is 12.4. The molecule has 152 valence electrons. The fourth-order valence-electron chi connectivity index (χ4n) is 4.03. The summed E-state index contributed by atoms with van der Waals surface area (Å²) in [6.07, 6.45) is 2.59. The van der Waals surface area contributed by atoms with E-state index < -0.39 is 17.6 Å². The number of nitriles is 1. The van der Waals surface area contributed by atoms with Crippen LogP contribution < -0.4 is 15.0 Å². The Hall–Kier alpha value is -3.60. The highest BCUT2D eigenvalue weighted by atomic mass is 16.6. The SMILES string of the molecule is CC(=O)NC[C@@H]1OC(=O)N2c3ccc(-c4ccc(C5(C#N)CC5)nc4)cc3OC[C@@H]12. The molecule has 2 aromatic rings. The summed E-state index contributed by atoms with van der Waals surface area (Å²) in [7, 11) is 0. The maximum Gasteiger partial charge on any atom is 0.415 e. The normalized spacial score (nSPS) is 22.8. The lowest BCUT2D eigenvalue weighted by Crippen LogP contribution is -2.47. The van der Waals surface area contributed by atoms with E-state index in [2.05, 4.69) is 16.4 Å². The number of rotatable bonds is 4. The largest absolute Gasteiger partial charge is 0.489 e. The van der Waals surface area contributed by atoms with Gasteiger partial charge < -0.3 is 14.8 Å². The van der Waals surface area contributed by atoms with E-state index in [1.165, 1.54) is 6.92 Å². The second-order valence-electron chi connectivity index (χ2n) is 7.92. The Morgan fingerprint density at radius 3 is 2.80 bits per heavy atom. The molecule has 2 amide bonds. The number of benzene rings is 1. The van der Waals surface area contributed by atoms with Gasteiger partial charge in [-0.25, -0.2) is 4.79 Å². The second-order valence-corrected chi connectivity index (χ2v) is 7.92. The van der Waals surface area contributed by atoms with Crippen molar-refractivity contribution in [2.24, 2.45) is 0 Å². The zero-order valence-corrected chi connectivity index (χ0v) is 16.4. The van der Waals surface area contributed by atoms with Gasteiger partial charge in [-0.05, 0) is 36.6 Å². The van der Waals surface area contributed by atoms with Gasteiger partial charge in [-0.3, -0.25) is 14.7 Å². The molecule has 1 aliphatic carbocycles. The summed E-state index contributed by atoms with van der Waals surface area (Å²) >= 11 is 0. The standard InChI is InChI=1S/C22H20N4O4/c1-13(27)24-10-19-17-11-29-18-8-14(2-4-16(18)26(17)21(28)30-19)15-3-5-20(25-9-15)22(12-23)6-7-22/h2-5,8-9,17,19H,6-7,10-11H2,1H3,(H,24,27)/t17-,19-/m0/s1. The Morgan fingerprint density at radius 1 is 1.33 bits per heavy atom. The minimum Gasteiger partial charge on any atom is -0.489 e. The van der Waals surface area contributed by atoms with Crippen molar-refractivity contribution in [3.05, 3.63) is 42.2 Å². The summed E-state index contributed by atoms with van der Waals surface area (Å²) in [5, 5.41) is 12.0. The average molecular weight is 404 g/mol. The molecule has 0 spiro atoms. The van der Waals surface area contributed by atoms with E-state index in [1.807, 2.05) is 30.3 Å². The summed E-state index contributed by atoms with van der Waals surface area (Å²) in [6.45, 7) is 1.96. The molecule has 8 nitrogen and oxygen atoms in total. The summed E-state index contributed by atoms with van der Waals surface area (Å²) in [6, 6.07) is 11.6. The topological polar surface area (TPSA) is 105 Å². The van der Waals surface area contributed by atoms with Gasteiger partial charge in [-0.15, -0.1) is 0 Å². The summed E-state index contributed by atoms with van der Waals surface area (Å²) in [5.41, 5.74) is 2.88. The summed E-state index contributed by atoms with van der Waals surface area (Å²) in [5.74, 6) is 0.425. The number of cyclic esters (lactones) is 1. The fourth-order valence-corrected chi connectivity index (χ4v) is 4.03. The average Bonchev–Trinajstić information content (AvgIpc) is 3.50. The van der Waals surface area contributed by atoms with Crippen LogP contribution in [0.4, 0.5) is 10.5 Å². The van der Waals surface area contributed by atoms with Crippen LogP contribution in [0.15, 0.2) is 36.5 Å².